The Morgan fingerprint density at radius 1 is 1.10 bits per heavy atom. The summed E-state index contributed by atoms with van der Waals surface area (Å²) in [5.41, 5.74) is 1.91. The van der Waals surface area contributed by atoms with Gasteiger partial charge in [0.15, 0.2) is 5.78 Å². The van der Waals surface area contributed by atoms with Crippen LogP contribution in [0.25, 0.3) is 6.08 Å². The van der Waals surface area contributed by atoms with Gasteiger partial charge < -0.3 is 5.32 Å². The number of hydrogen-bond donors (Lipinski definition) is 1. The average molecular weight is 300 g/mol. The summed E-state index contributed by atoms with van der Waals surface area (Å²) >= 11 is 6.00. The van der Waals surface area contributed by atoms with Gasteiger partial charge >= 0.3 is 0 Å². The first-order valence-electron chi connectivity index (χ1n) is 6.41. The summed E-state index contributed by atoms with van der Waals surface area (Å²) in [5, 5.41) is 3.29. The van der Waals surface area contributed by atoms with Crippen molar-refractivity contribution in [2.75, 3.05) is 5.32 Å². The molecule has 3 nitrogen and oxygen atoms in total. The fraction of sp³-hybridized carbons (Fsp3) is 0.0588. The molecule has 0 aliphatic heterocycles. The molecular formula is C17H14ClNO2. The molecule has 2 aromatic rings. The molecule has 1 amide bonds. The molecule has 106 valence electrons. The summed E-state index contributed by atoms with van der Waals surface area (Å²) in [6.07, 6.45) is 3.05. The van der Waals surface area contributed by atoms with E-state index in [1.807, 2.05) is 18.2 Å². The van der Waals surface area contributed by atoms with Crippen molar-refractivity contribution < 1.29 is 9.59 Å². The minimum atomic E-state index is -0.282. The number of carbonyl (C=O) groups excluding carboxylic acids is 2. The summed E-state index contributed by atoms with van der Waals surface area (Å²) in [7, 11) is 0. The van der Waals surface area contributed by atoms with Crippen molar-refractivity contribution in [3.8, 4) is 0 Å². The zero-order valence-electron chi connectivity index (χ0n) is 11.5. The Balaban J connectivity index is 2.07. The third kappa shape index (κ3) is 4.29. The van der Waals surface area contributed by atoms with Crippen LogP contribution in [0.4, 0.5) is 5.69 Å². The fourth-order valence-corrected chi connectivity index (χ4v) is 1.97. The second kappa shape index (κ2) is 6.86. The zero-order valence-corrected chi connectivity index (χ0v) is 12.2. The molecule has 21 heavy (non-hydrogen) atoms. The van der Waals surface area contributed by atoms with E-state index in [2.05, 4.69) is 5.32 Å². The molecule has 2 rings (SSSR count). The topological polar surface area (TPSA) is 46.2 Å². The lowest BCUT2D eigenvalue weighted by atomic mass is 10.1. The predicted octanol–water partition coefficient (Wildman–Crippen LogP) is 4.19. The highest BCUT2D eigenvalue weighted by Gasteiger charge is 2.02. The number of rotatable bonds is 4. The highest BCUT2D eigenvalue weighted by Crippen LogP contribution is 2.16. The van der Waals surface area contributed by atoms with Crippen LogP contribution in [-0.4, -0.2) is 11.7 Å². The van der Waals surface area contributed by atoms with Crippen LogP contribution in [0.3, 0.4) is 0 Å². The maximum absolute atomic E-state index is 11.9. The second-order valence-corrected chi connectivity index (χ2v) is 4.89. The fourth-order valence-electron chi connectivity index (χ4n) is 1.78. The highest BCUT2D eigenvalue weighted by molar-refractivity contribution is 6.32. The van der Waals surface area contributed by atoms with E-state index >= 15 is 0 Å². The largest absolute Gasteiger partial charge is 0.322 e. The zero-order chi connectivity index (χ0) is 15.2. The van der Waals surface area contributed by atoms with Crippen LogP contribution in [0.5, 0.6) is 0 Å². The number of benzene rings is 2. The van der Waals surface area contributed by atoms with Crippen molar-refractivity contribution in [2.45, 2.75) is 6.92 Å². The van der Waals surface area contributed by atoms with E-state index in [9.17, 15) is 9.59 Å². The number of halogens is 1. The molecule has 0 aromatic heterocycles. The van der Waals surface area contributed by atoms with Crippen molar-refractivity contribution in [2.24, 2.45) is 0 Å². The SMILES string of the molecule is CC(=O)c1cccc(NC(=O)/C=C/c2ccccc2Cl)c1. The molecule has 2 aromatic carbocycles. The van der Waals surface area contributed by atoms with E-state index in [1.54, 1.807) is 36.4 Å². The third-order valence-corrected chi connectivity index (χ3v) is 3.20. The van der Waals surface area contributed by atoms with Crippen molar-refractivity contribution in [3.05, 3.63) is 70.8 Å². The lowest BCUT2D eigenvalue weighted by Gasteiger charge is -2.04. The summed E-state index contributed by atoms with van der Waals surface area (Å²) in [5.74, 6) is -0.326. The van der Waals surface area contributed by atoms with Crippen LogP contribution in [0.2, 0.25) is 5.02 Å². The van der Waals surface area contributed by atoms with Crippen LogP contribution >= 0.6 is 11.6 Å². The number of hydrogen-bond acceptors (Lipinski definition) is 2. The minimum Gasteiger partial charge on any atom is -0.322 e. The van der Waals surface area contributed by atoms with Crippen molar-refractivity contribution in [1.29, 1.82) is 0 Å². The van der Waals surface area contributed by atoms with Gasteiger partial charge in [0.25, 0.3) is 0 Å². The first-order valence-corrected chi connectivity index (χ1v) is 6.78. The lowest BCUT2D eigenvalue weighted by Crippen LogP contribution is -2.08. The van der Waals surface area contributed by atoms with Crippen LogP contribution < -0.4 is 5.32 Å². The number of anilines is 1. The summed E-state index contributed by atoms with van der Waals surface area (Å²) in [4.78, 5) is 23.1. The molecule has 0 saturated carbocycles. The van der Waals surface area contributed by atoms with Gasteiger partial charge in [-0.25, -0.2) is 0 Å². The van der Waals surface area contributed by atoms with Crippen LogP contribution in [0.1, 0.15) is 22.8 Å². The lowest BCUT2D eigenvalue weighted by molar-refractivity contribution is -0.111. The summed E-state index contributed by atoms with van der Waals surface area (Å²) in [6.45, 7) is 1.48. The summed E-state index contributed by atoms with van der Waals surface area (Å²) < 4.78 is 0. The maximum atomic E-state index is 11.9. The van der Waals surface area contributed by atoms with Gasteiger partial charge in [-0.2, -0.15) is 0 Å². The first-order chi connectivity index (χ1) is 10.1. The molecule has 0 radical (unpaired) electrons. The van der Waals surface area contributed by atoms with Crippen molar-refractivity contribution in [3.63, 3.8) is 0 Å². The van der Waals surface area contributed by atoms with E-state index in [1.165, 1.54) is 13.0 Å². The number of ketones is 1. The Morgan fingerprint density at radius 2 is 1.86 bits per heavy atom. The van der Waals surface area contributed by atoms with Gasteiger partial charge in [0.2, 0.25) is 5.91 Å². The Hall–Kier alpha value is -2.39. The monoisotopic (exact) mass is 299 g/mol. The van der Waals surface area contributed by atoms with Gasteiger partial charge in [0.05, 0.1) is 0 Å². The van der Waals surface area contributed by atoms with Crippen molar-refractivity contribution in [1.82, 2.24) is 0 Å². The normalized spacial score (nSPS) is 10.6. The maximum Gasteiger partial charge on any atom is 0.248 e. The Morgan fingerprint density at radius 3 is 2.57 bits per heavy atom. The third-order valence-electron chi connectivity index (χ3n) is 2.86. The number of nitrogens with one attached hydrogen (secondary N) is 1. The van der Waals surface area contributed by atoms with E-state index < -0.39 is 0 Å². The van der Waals surface area contributed by atoms with Crippen LogP contribution in [0, 0.1) is 0 Å². The minimum absolute atomic E-state index is 0.0438. The molecule has 0 unspecified atom stereocenters. The number of amides is 1. The van der Waals surface area contributed by atoms with Gasteiger partial charge in [-0.3, -0.25) is 9.59 Å². The number of carbonyl (C=O) groups is 2. The molecule has 0 saturated heterocycles. The Labute approximate surface area is 128 Å². The molecule has 0 bridgehead atoms. The Kier molecular flexibility index (Phi) is 4.90. The Bertz CT molecular complexity index is 707. The van der Waals surface area contributed by atoms with Gasteiger partial charge in [0, 0.05) is 22.3 Å². The first kappa shape index (κ1) is 15.0. The van der Waals surface area contributed by atoms with Crippen LogP contribution in [0.15, 0.2) is 54.6 Å². The van der Waals surface area contributed by atoms with E-state index in [0.29, 0.717) is 16.3 Å². The number of Topliss-reactive ketones (excluding diaryl/α,β-unsaturated/α-hetero) is 1. The van der Waals surface area contributed by atoms with E-state index in [4.69, 9.17) is 11.6 Å². The van der Waals surface area contributed by atoms with Gasteiger partial charge in [-0.1, -0.05) is 41.9 Å². The highest BCUT2D eigenvalue weighted by atomic mass is 35.5. The molecule has 0 atom stereocenters. The molecule has 0 fully saturated rings. The quantitative estimate of drug-likeness (QED) is 0.679. The standard InChI is InChI=1S/C17H14ClNO2/c1-12(20)14-6-4-7-15(11-14)19-17(21)10-9-13-5-2-3-8-16(13)18/h2-11H,1H3,(H,19,21)/b10-9+. The smallest absolute Gasteiger partial charge is 0.248 e. The van der Waals surface area contributed by atoms with Gasteiger partial charge in [-0.05, 0) is 36.8 Å². The average Bonchev–Trinajstić information content (AvgIpc) is 2.46. The predicted molar refractivity (Wildman–Crippen MR) is 85.6 cm³/mol. The van der Waals surface area contributed by atoms with E-state index in [0.717, 1.165) is 5.56 Å². The molecule has 4 heteroatoms. The molecule has 0 spiro atoms. The van der Waals surface area contributed by atoms with E-state index in [-0.39, 0.29) is 11.7 Å². The molecule has 0 aliphatic rings. The molecular weight excluding hydrogens is 286 g/mol. The van der Waals surface area contributed by atoms with Gasteiger partial charge in [-0.15, -0.1) is 0 Å². The van der Waals surface area contributed by atoms with Crippen molar-refractivity contribution >= 4 is 35.1 Å². The molecule has 0 aliphatic carbocycles. The van der Waals surface area contributed by atoms with Gasteiger partial charge in [0.1, 0.15) is 0 Å². The molecule has 0 heterocycles. The summed E-state index contributed by atoms with van der Waals surface area (Å²) in [6, 6.07) is 14.1. The van der Waals surface area contributed by atoms with Crippen LogP contribution in [-0.2, 0) is 4.79 Å². The molecule has 1 N–H and O–H groups in total. The second-order valence-electron chi connectivity index (χ2n) is 4.48.